The third-order valence-corrected chi connectivity index (χ3v) is 2.52. The highest BCUT2D eigenvalue weighted by molar-refractivity contribution is 5.73. The average molecular weight is 158 g/mol. The molecule has 0 amide bonds. The quantitative estimate of drug-likeness (QED) is 0.567. The van der Waals surface area contributed by atoms with Crippen LogP contribution in [0.3, 0.4) is 0 Å². The van der Waals surface area contributed by atoms with Gasteiger partial charge in [-0.25, -0.2) is 0 Å². The fourth-order valence-corrected chi connectivity index (χ4v) is 1.63. The monoisotopic (exact) mass is 158 g/mol. The highest BCUT2D eigenvalue weighted by Crippen LogP contribution is 2.32. The molecule has 3 nitrogen and oxygen atoms in total. The second kappa shape index (κ2) is 3.22. The van der Waals surface area contributed by atoms with Crippen LogP contribution < -0.4 is 0 Å². The number of carbonyl (C=O) groups excluding carboxylic acids is 1. The zero-order chi connectivity index (χ0) is 8.43. The Morgan fingerprint density at radius 2 is 2.18 bits per heavy atom. The third-order valence-electron chi connectivity index (χ3n) is 2.52. The van der Waals surface area contributed by atoms with Gasteiger partial charge in [-0.15, -0.1) is 0 Å². The zero-order valence-corrected chi connectivity index (χ0v) is 6.91. The van der Waals surface area contributed by atoms with Crippen LogP contribution in [0.25, 0.3) is 0 Å². The summed E-state index contributed by atoms with van der Waals surface area (Å²) in [5.74, 6) is -0.216. The Labute approximate surface area is 66.4 Å². The van der Waals surface area contributed by atoms with E-state index in [9.17, 15) is 9.90 Å². The molecule has 1 aliphatic carbocycles. The molecule has 1 saturated carbocycles. The van der Waals surface area contributed by atoms with Crippen molar-refractivity contribution >= 4 is 5.97 Å². The first kappa shape index (κ1) is 8.53. The second-order valence-corrected chi connectivity index (χ2v) is 3.13. The number of hydrogen-bond acceptors (Lipinski definition) is 3. The summed E-state index contributed by atoms with van der Waals surface area (Å²) in [5.41, 5.74) is 0. The van der Waals surface area contributed by atoms with E-state index in [1.165, 1.54) is 7.11 Å². The van der Waals surface area contributed by atoms with Crippen LogP contribution in [0.15, 0.2) is 0 Å². The van der Waals surface area contributed by atoms with Crippen LogP contribution in [0.1, 0.15) is 19.8 Å². The third kappa shape index (κ3) is 1.53. The molecule has 0 aromatic rings. The molecular weight excluding hydrogens is 144 g/mol. The van der Waals surface area contributed by atoms with Crippen LogP contribution in [0.5, 0.6) is 0 Å². The lowest BCUT2D eigenvalue weighted by Crippen LogP contribution is -2.23. The van der Waals surface area contributed by atoms with Crippen LogP contribution in [-0.4, -0.2) is 24.3 Å². The van der Waals surface area contributed by atoms with E-state index in [4.69, 9.17) is 0 Å². The van der Waals surface area contributed by atoms with Crippen molar-refractivity contribution in [3.05, 3.63) is 0 Å². The first-order chi connectivity index (χ1) is 5.16. The predicted molar refractivity (Wildman–Crippen MR) is 39.9 cm³/mol. The van der Waals surface area contributed by atoms with Gasteiger partial charge in [0.15, 0.2) is 0 Å². The fraction of sp³-hybridized carbons (Fsp3) is 0.875. The van der Waals surface area contributed by atoms with E-state index >= 15 is 0 Å². The van der Waals surface area contributed by atoms with E-state index in [2.05, 4.69) is 4.74 Å². The van der Waals surface area contributed by atoms with Gasteiger partial charge in [-0.3, -0.25) is 4.79 Å². The Balaban J connectivity index is 2.54. The van der Waals surface area contributed by atoms with Gasteiger partial charge < -0.3 is 9.84 Å². The minimum Gasteiger partial charge on any atom is -0.469 e. The summed E-state index contributed by atoms with van der Waals surface area (Å²) in [5, 5.41) is 9.30. The largest absolute Gasteiger partial charge is 0.469 e. The van der Waals surface area contributed by atoms with E-state index in [0.29, 0.717) is 0 Å². The SMILES string of the molecule is COC(=O)[C@@H]1CC[C@@H](O)[C@@H]1C. The number of methoxy groups -OCH3 is 1. The maximum atomic E-state index is 11.0. The van der Waals surface area contributed by atoms with Gasteiger partial charge in [-0.05, 0) is 18.8 Å². The summed E-state index contributed by atoms with van der Waals surface area (Å²) in [7, 11) is 1.39. The molecule has 1 fully saturated rings. The number of aliphatic hydroxyl groups is 1. The number of esters is 1. The molecule has 3 atom stereocenters. The van der Waals surface area contributed by atoms with Crippen molar-refractivity contribution in [2.45, 2.75) is 25.9 Å². The molecule has 0 radical (unpaired) electrons. The maximum absolute atomic E-state index is 11.0. The molecule has 64 valence electrons. The average Bonchev–Trinajstić information content (AvgIpc) is 2.32. The number of aliphatic hydroxyl groups excluding tert-OH is 1. The Morgan fingerprint density at radius 1 is 1.55 bits per heavy atom. The number of ether oxygens (including phenoxy) is 1. The van der Waals surface area contributed by atoms with Gasteiger partial charge in [0, 0.05) is 0 Å². The fourth-order valence-electron chi connectivity index (χ4n) is 1.63. The predicted octanol–water partition coefficient (Wildman–Crippen LogP) is 0.566. The molecule has 0 aromatic carbocycles. The first-order valence-electron chi connectivity index (χ1n) is 3.92. The Bertz CT molecular complexity index is 155. The number of hydrogen-bond donors (Lipinski definition) is 1. The number of carbonyl (C=O) groups is 1. The first-order valence-corrected chi connectivity index (χ1v) is 3.92. The summed E-state index contributed by atoms with van der Waals surface area (Å²) in [6.45, 7) is 1.89. The maximum Gasteiger partial charge on any atom is 0.309 e. The van der Waals surface area contributed by atoms with E-state index in [0.717, 1.165) is 12.8 Å². The van der Waals surface area contributed by atoms with E-state index in [-0.39, 0.29) is 23.9 Å². The smallest absolute Gasteiger partial charge is 0.309 e. The molecule has 0 aromatic heterocycles. The molecule has 0 heterocycles. The topological polar surface area (TPSA) is 46.5 Å². The van der Waals surface area contributed by atoms with Gasteiger partial charge in [0.2, 0.25) is 0 Å². The van der Waals surface area contributed by atoms with Crippen molar-refractivity contribution in [2.75, 3.05) is 7.11 Å². The molecule has 11 heavy (non-hydrogen) atoms. The molecule has 0 saturated heterocycles. The van der Waals surface area contributed by atoms with Crippen LogP contribution in [-0.2, 0) is 9.53 Å². The normalized spacial score (nSPS) is 37.2. The molecular formula is C8H14O3. The van der Waals surface area contributed by atoms with Gasteiger partial charge >= 0.3 is 5.97 Å². The molecule has 0 spiro atoms. The van der Waals surface area contributed by atoms with E-state index < -0.39 is 0 Å². The second-order valence-electron chi connectivity index (χ2n) is 3.13. The summed E-state index contributed by atoms with van der Waals surface area (Å²) in [6, 6.07) is 0. The van der Waals surface area contributed by atoms with Crippen molar-refractivity contribution in [3.63, 3.8) is 0 Å². The van der Waals surface area contributed by atoms with Crippen molar-refractivity contribution in [3.8, 4) is 0 Å². The molecule has 1 N–H and O–H groups in total. The minimum absolute atomic E-state index is 0.0578. The van der Waals surface area contributed by atoms with Gasteiger partial charge in [0.05, 0.1) is 19.1 Å². The summed E-state index contributed by atoms with van der Waals surface area (Å²) in [4.78, 5) is 11.0. The van der Waals surface area contributed by atoms with E-state index in [1.807, 2.05) is 6.92 Å². The Hall–Kier alpha value is -0.570. The summed E-state index contributed by atoms with van der Waals surface area (Å²) >= 11 is 0. The zero-order valence-electron chi connectivity index (χ0n) is 6.91. The van der Waals surface area contributed by atoms with Gasteiger partial charge in [-0.1, -0.05) is 6.92 Å². The summed E-state index contributed by atoms with van der Waals surface area (Å²) < 4.78 is 4.60. The molecule has 0 unspecified atom stereocenters. The lowest BCUT2D eigenvalue weighted by atomic mass is 9.97. The van der Waals surface area contributed by atoms with Gasteiger partial charge in [-0.2, -0.15) is 0 Å². The molecule has 1 rings (SSSR count). The van der Waals surface area contributed by atoms with Crippen LogP contribution >= 0.6 is 0 Å². The molecule has 3 heteroatoms. The van der Waals surface area contributed by atoms with E-state index in [1.54, 1.807) is 0 Å². The van der Waals surface area contributed by atoms with Crippen LogP contribution in [0, 0.1) is 11.8 Å². The van der Waals surface area contributed by atoms with Crippen molar-refractivity contribution < 1.29 is 14.6 Å². The Kier molecular flexibility index (Phi) is 2.49. The molecule has 0 bridgehead atoms. The number of rotatable bonds is 1. The van der Waals surface area contributed by atoms with Crippen molar-refractivity contribution in [1.82, 2.24) is 0 Å². The van der Waals surface area contributed by atoms with Crippen molar-refractivity contribution in [2.24, 2.45) is 11.8 Å². The van der Waals surface area contributed by atoms with Crippen LogP contribution in [0.4, 0.5) is 0 Å². The summed E-state index contributed by atoms with van der Waals surface area (Å²) in [6.07, 6.45) is 1.16. The van der Waals surface area contributed by atoms with Crippen LogP contribution in [0.2, 0.25) is 0 Å². The molecule has 1 aliphatic rings. The minimum atomic E-state index is -0.320. The molecule has 0 aliphatic heterocycles. The Morgan fingerprint density at radius 3 is 2.55 bits per heavy atom. The highest BCUT2D eigenvalue weighted by atomic mass is 16.5. The highest BCUT2D eigenvalue weighted by Gasteiger charge is 2.36. The van der Waals surface area contributed by atoms with Gasteiger partial charge in [0.25, 0.3) is 0 Å². The van der Waals surface area contributed by atoms with Gasteiger partial charge in [0.1, 0.15) is 0 Å². The van der Waals surface area contributed by atoms with Crippen molar-refractivity contribution in [1.29, 1.82) is 0 Å². The lowest BCUT2D eigenvalue weighted by molar-refractivity contribution is -0.147. The standard InChI is InChI=1S/C8H14O3/c1-5-6(8(10)11-2)3-4-7(5)9/h5-7,9H,3-4H2,1-2H3/t5-,6-,7-/m1/s1. The lowest BCUT2D eigenvalue weighted by Gasteiger charge is -2.14.